The number of hydrogen-bond acceptors (Lipinski definition) is 2. The van der Waals surface area contributed by atoms with Gasteiger partial charge in [-0.1, -0.05) is 24.3 Å². The van der Waals surface area contributed by atoms with Crippen LogP contribution in [0.2, 0.25) is 0 Å². The number of carbonyl (C=O) groups excluding carboxylic acids is 2. The van der Waals surface area contributed by atoms with Gasteiger partial charge < -0.3 is 15.5 Å². The number of urea groups is 1. The van der Waals surface area contributed by atoms with Gasteiger partial charge in [-0.15, -0.1) is 0 Å². The topological polar surface area (TPSA) is 61.4 Å². The van der Waals surface area contributed by atoms with Gasteiger partial charge in [-0.05, 0) is 38.0 Å². The largest absolute Gasteiger partial charge is 0.349 e. The van der Waals surface area contributed by atoms with Crippen LogP contribution in [-0.2, 0) is 0 Å². The Morgan fingerprint density at radius 2 is 1.75 bits per heavy atom. The summed E-state index contributed by atoms with van der Waals surface area (Å²) in [6, 6.07) is 11.4. The molecule has 0 aromatic heterocycles. The Bertz CT molecular complexity index is 837. The van der Waals surface area contributed by atoms with Crippen LogP contribution >= 0.6 is 0 Å². The number of likely N-dealkylation sites (tertiary alicyclic amines) is 1. The second-order valence-electron chi connectivity index (χ2n) is 6.94. The lowest BCUT2D eigenvalue weighted by Gasteiger charge is -2.33. The SMILES string of the molecule is C[C@@H](NC(=O)N1CCC(NC(=O)c2ccccc2)CC1)c1ccc(F)cc1F. The number of benzene rings is 2. The first-order valence-corrected chi connectivity index (χ1v) is 9.30. The number of carbonyl (C=O) groups is 2. The summed E-state index contributed by atoms with van der Waals surface area (Å²) in [6.07, 6.45) is 1.29. The number of amides is 3. The van der Waals surface area contributed by atoms with Gasteiger partial charge in [0.1, 0.15) is 11.6 Å². The molecule has 1 atom stereocenters. The molecule has 1 aliphatic rings. The normalized spacial score (nSPS) is 15.8. The van der Waals surface area contributed by atoms with Crippen LogP contribution in [0.3, 0.4) is 0 Å². The van der Waals surface area contributed by atoms with Crippen LogP contribution in [0, 0.1) is 11.6 Å². The summed E-state index contributed by atoms with van der Waals surface area (Å²) in [4.78, 5) is 26.3. The zero-order chi connectivity index (χ0) is 20.1. The second kappa shape index (κ2) is 8.82. The third kappa shape index (κ3) is 4.85. The summed E-state index contributed by atoms with van der Waals surface area (Å²) in [6.45, 7) is 2.63. The van der Waals surface area contributed by atoms with E-state index in [9.17, 15) is 18.4 Å². The smallest absolute Gasteiger partial charge is 0.317 e. The molecule has 1 fully saturated rings. The van der Waals surface area contributed by atoms with Gasteiger partial charge in [0.2, 0.25) is 0 Å². The van der Waals surface area contributed by atoms with E-state index >= 15 is 0 Å². The highest BCUT2D eigenvalue weighted by atomic mass is 19.1. The second-order valence-corrected chi connectivity index (χ2v) is 6.94. The molecule has 3 rings (SSSR count). The highest BCUT2D eigenvalue weighted by Crippen LogP contribution is 2.19. The minimum Gasteiger partial charge on any atom is -0.349 e. The highest BCUT2D eigenvalue weighted by molar-refractivity contribution is 5.94. The molecular weight excluding hydrogens is 364 g/mol. The molecule has 0 bridgehead atoms. The maximum absolute atomic E-state index is 13.9. The standard InChI is InChI=1S/C21H23F2N3O2/c1-14(18-8-7-16(22)13-19(18)23)24-21(28)26-11-9-17(10-12-26)25-20(27)15-5-3-2-4-6-15/h2-8,13-14,17H,9-12H2,1H3,(H,24,28)(H,25,27)/t14-/m1/s1. The Balaban J connectivity index is 1.49. The molecule has 1 aliphatic heterocycles. The molecule has 2 aromatic rings. The Kier molecular flexibility index (Phi) is 6.23. The molecule has 1 saturated heterocycles. The van der Waals surface area contributed by atoms with Gasteiger partial charge in [0.25, 0.3) is 5.91 Å². The Labute approximate surface area is 162 Å². The highest BCUT2D eigenvalue weighted by Gasteiger charge is 2.25. The molecule has 0 spiro atoms. The van der Waals surface area contributed by atoms with Crippen LogP contribution in [0.4, 0.5) is 13.6 Å². The minimum absolute atomic E-state index is 0.00345. The average molecular weight is 387 g/mol. The molecule has 0 saturated carbocycles. The first kappa shape index (κ1) is 19.8. The van der Waals surface area contributed by atoms with Crippen LogP contribution in [0.25, 0.3) is 0 Å². The fourth-order valence-corrected chi connectivity index (χ4v) is 3.29. The lowest BCUT2D eigenvalue weighted by Crippen LogP contribution is -2.49. The summed E-state index contributed by atoms with van der Waals surface area (Å²) < 4.78 is 26.9. The number of nitrogens with zero attached hydrogens (tertiary/aromatic N) is 1. The zero-order valence-corrected chi connectivity index (χ0v) is 15.6. The van der Waals surface area contributed by atoms with E-state index in [0.29, 0.717) is 31.5 Å². The predicted molar refractivity (Wildman–Crippen MR) is 102 cm³/mol. The number of nitrogens with one attached hydrogen (secondary N) is 2. The van der Waals surface area contributed by atoms with E-state index < -0.39 is 17.7 Å². The first-order chi connectivity index (χ1) is 13.4. The van der Waals surface area contributed by atoms with Crippen LogP contribution in [0.5, 0.6) is 0 Å². The molecule has 0 radical (unpaired) electrons. The van der Waals surface area contributed by atoms with Crippen molar-refractivity contribution in [1.82, 2.24) is 15.5 Å². The van der Waals surface area contributed by atoms with E-state index in [1.807, 2.05) is 18.2 Å². The maximum Gasteiger partial charge on any atom is 0.317 e. The molecule has 3 amide bonds. The Hall–Kier alpha value is -2.96. The van der Waals surface area contributed by atoms with Crippen molar-refractivity contribution in [2.45, 2.75) is 31.8 Å². The van der Waals surface area contributed by atoms with Crippen LogP contribution in [0.1, 0.15) is 41.7 Å². The molecule has 148 valence electrons. The van der Waals surface area contributed by atoms with Gasteiger partial charge >= 0.3 is 6.03 Å². The van der Waals surface area contributed by atoms with Gasteiger partial charge in [0.05, 0.1) is 6.04 Å². The van der Waals surface area contributed by atoms with Crippen molar-refractivity contribution in [2.24, 2.45) is 0 Å². The zero-order valence-electron chi connectivity index (χ0n) is 15.6. The Morgan fingerprint density at radius 3 is 2.39 bits per heavy atom. The van der Waals surface area contributed by atoms with Gasteiger partial charge in [0.15, 0.2) is 0 Å². The first-order valence-electron chi connectivity index (χ1n) is 9.30. The van der Waals surface area contributed by atoms with Crippen molar-refractivity contribution in [3.63, 3.8) is 0 Å². The van der Waals surface area contributed by atoms with Crippen LogP contribution in [0.15, 0.2) is 48.5 Å². The molecule has 1 heterocycles. The molecule has 7 heteroatoms. The van der Waals surface area contributed by atoms with Crippen LogP contribution < -0.4 is 10.6 Å². The van der Waals surface area contributed by atoms with E-state index in [1.165, 1.54) is 12.1 Å². The van der Waals surface area contributed by atoms with Crippen molar-refractivity contribution >= 4 is 11.9 Å². The van der Waals surface area contributed by atoms with Gasteiger partial charge in [0, 0.05) is 36.3 Å². The van der Waals surface area contributed by atoms with Crippen molar-refractivity contribution in [2.75, 3.05) is 13.1 Å². The van der Waals surface area contributed by atoms with E-state index in [-0.39, 0.29) is 23.5 Å². The van der Waals surface area contributed by atoms with E-state index in [1.54, 1.807) is 24.0 Å². The quantitative estimate of drug-likeness (QED) is 0.842. The lowest BCUT2D eigenvalue weighted by molar-refractivity contribution is 0.0917. The lowest BCUT2D eigenvalue weighted by atomic mass is 10.0. The molecule has 5 nitrogen and oxygen atoms in total. The van der Waals surface area contributed by atoms with E-state index in [2.05, 4.69) is 10.6 Å². The van der Waals surface area contributed by atoms with Crippen molar-refractivity contribution in [3.8, 4) is 0 Å². The molecule has 2 aromatic carbocycles. The van der Waals surface area contributed by atoms with Crippen molar-refractivity contribution in [1.29, 1.82) is 0 Å². The Morgan fingerprint density at radius 1 is 1.07 bits per heavy atom. The van der Waals surface area contributed by atoms with E-state index in [0.717, 1.165) is 6.07 Å². The monoisotopic (exact) mass is 387 g/mol. The molecule has 28 heavy (non-hydrogen) atoms. The number of piperidine rings is 1. The average Bonchev–Trinajstić information content (AvgIpc) is 2.69. The van der Waals surface area contributed by atoms with E-state index in [4.69, 9.17) is 0 Å². The summed E-state index contributed by atoms with van der Waals surface area (Å²) in [5, 5.41) is 5.74. The van der Waals surface area contributed by atoms with Gasteiger partial charge in [-0.25, -0.2) is 13.6 Å². The van der Waals surface area contributed by atoms with Crippen molar-refractivity contribution < 1.29 is 18.4 Å². The molecule has 2 N–H and O–H groups in total. The predicted octanol–water partition coefficient (Wildman–Crippen LogP) is 3.63. The number of halogens is 2. The number of hydrogen-bond donors (Lipinski definition) is 2. The third-order valence-corrected chi connectivity index (χ3v) is 4.92. The fraction of sp³-hybridized carbons (Fsp3) is 0.333. The minimum atomic E-state index is -0.685. The van der Waals surface area contributed by atoms with Crippen molar-refractivity contribution in [3.05, 3.63) is 71.3 Å². The van der Waals surface area contributed by atoms with Gasteiger partial charge in [-0.2, -0.15) is 0 Å². The summed E-state index contributed by atoms with van der Waals surface area (Å²) in [5.74, 6) is -1.46. The summed E-state index contributed by atoms with van der Waals surface area (Å²) in [7, 11) is 0. The fourth-order valence-electron chi connectivity index (χ4n) is 3.29. The van der Waals surface area contributed by atoms with Gasteiger partial charge in [-0.3, -0.25) is 4.79 Å². The molecule has 0 unspecified atom stereocenters. The maximum atomic E-state index is 13.9. The van der Waals surface area contributed by atoms with Crippen LogP contribution in [-0.4, -0.2) is 36.0 Å². The molecule has 0 aliphatic carbocycles. The summed E-state index contributed by atoms with van der Waals surface area (Å²) in [5.41, 5.74) is 0.845. The molecular formula is C21H23F2N3O2. The summed E-state index contributed by atoms with van der Waals surface area (Å²) >= 11 is 0. The number of rotatable bonds is 4. The third-order valence-electron chi connectivity index (χ3n) is 4.92.